The molecular weight excluding hydrogens is 301 g/mol. The summed E-state index contributed by atoms with van der Waals surface area (Å²) >= 11 is 0. The van der Waals surface area contributed by atoms with Crippen LogP contribution in [0.2, 0.25) is 0 Å². The molecule has 0 spiro atoms. The van der Waals surface area contributed by atoms with Crippen LogP contribution in [0.15, 0.2) is 48.8 Å². The van der Waals surface area contributed by atoms with Crippen LogP contribution in [-0.2, 0) is 0 Å². The van der Waals surface area contributed by atoms with Crippen molar-refractivity contribution in [2.45, 2.75) is 6.92 Å². The third-order valence-electron chi connectivity index (χ3n) is 3.33. The van der Waals surface area contributed by atoms with Crippen molar-refractivity contribution >= 4 is 17.2 Å². The van der Waals surface area contributed by atoms with Gasteiger partial charge in [0.1, 0.15) is 11.5 Å². The summed E-state index contributed by atoms with van der Waals surface area (Å²) < 4.78 is 15.3. The summed E-state index contributed by atoms with van der Waals surface area (Å²) in [5, 5.41) is 18.0. The van der Waals surface area contributed by atoms with Crippen molar-refractivity contribution in [1.29, 1.82) is 0 Å². The van der Waals surface area contributed by atoms with Crippen LogP contribution in [0.4, 0.5) is 21.6 Å². The second-order valence-electron chi connectivity index (χ2n) is 4.76. The molecule has 23 heavy (non-hydrogen) atoms. The monoisotopic (exact) mass is 313 g/mol. The van der Waals surface area contributed by atoms with Crippen LogP contribution in [-0.4, -0.2) is 19.7 Å². The summed E-state index contributed by atoms with van der Waals surface area (Å²) in [6.45, 7) is 1.73. The maximum atomic E-state index is 13.9. The van der Waals surface area contributed by atoms with Gasteiger partial charge < -0.3 is 5.32 Å². The molecule has 3 rings (SSSR count). The molecule has 0 saturated carbocycles. The number of hydrogen-bond donors (Lipinski definition) is 1. The fourth-order valence-electron chi connectivity index (χ4n) is 2.17. The van der Waals surface area contributed by atoms with Gasteiger partial charge in [-0.25, -0.2) is 14.1 Å². The van der Waals surface area contributed by atoms with Crippen LogP contribution in [0.5, 0.6) is 0 Å². The minimum atomic E-state index is -0.522. The average Bonchev–Trinajstić information content (AvgIpc) is 2.89. The van der Waals surface area contributed by atoms with Gasteiger partial charge in [-0.15, -0.1) is 0 Å². The van der Waals surface area contributed by atoms with E-state index in [0.717, 1.165) is 0 Å². The first-order valence-corrected chi connectivity index (χ1v) is 6.74. The van der Waals surface area contributed by atoms with E-state index in [4.69, 9.17) is 0 Å². The second-order valence-corrected chi connectivity index (χ2v) is 4.76. The molecule has 0 amide bonds. The lowest BCUT2D eigenvalue weighted by Gasteiger charge is -2.08. The Bertz CT molecular complexity index is 878. The Morgan fingerprint density at radius 2 is 2.04 bits per heavy atom. The first kappa shape index (κ1) is 14.6. The number of nitro groups is 1. The highest BCUT2D eigenvalue weighted by atomic mass is 19.1. The number of aromatic nitrogens is 3. The Morgan fingerprint density at radius 3 is 2.78 bits per heavy atom. The van der Waals surface area contributed by atoms with Gasteiger partial charge in [-0.2, -0.15) is 5.10 Å². The molecule has 3 aromatic rings. The van der Waals surface area contributed by atoms with E-state index in [1.807, 2.05) is 0 Å². The highest BCUT2D eigenvalue weighted by molar-refractivity contribution is 5.66. The topological polar surface area (TPSA) is 85.9 Å². The summed E-state index contributed by atoms with van der Waals surface area (Å²) in [5.41, 5.74) is 1.27. The second kappa shape index (κ2) is 5.84. The summed E-state index contributed by atoms with van der Waals surface area (Å²) in [6.07, 6.45) is 2.92. The van der Waals surface area contributed by atoms with Crippen molar-refractivity contribution in [2.75, 3.05) is 5.32 Å². The molecular formula is C15H12FN5O2. The maximum absolute atomic E-state index is 13.9. The minimum absolute atomic E-state index is 0.105. The van der Waals surface area contributed by atoms with E-state index in [0.29, 0.717) is 17.1 Å². The fourth-order valence-corrected chi connectivity index (χ4v) is 2.17. The van der Waals surface area contributed by atoms with Gasteiger partial charge in [0, 0.05) is 12.3 Å². The molecule has 1 N–H and O–H groups in total. The Labute approximate surface area is 130 Å². The molecule has 0 bridgehead atoms. The molecule has 1 aromatic carbocycles. The number of nitrogens with zero attached hydrogens (tertiary/aromatic N) is 4. The molecule has 0 aliphatic rings. The van der Waals surface area contributed by atoms with Crippen LogP contribution in [0.1, 0.15) is 5.69 Å². The average molecular weight is 313 g/mol. The third kappa shape index (κ3) is 2.73. The normalized spacial score (nSPS) is 10.5. The Kier molecular flexibility index (Phi) is 3.71. The predicted octanol–water partition coefficient (Wildman–Crippen LogP) is 3.37. The molecule has 0 aliphatic carbocycles. The van der Waals surface area contributed by atoms with E-state index in [1.165, 1.54) is 35.3 Å². The standard InChI is InChI=1S/C15H12FN5O2/c1-10-12(19-15-14(21(22)23)7-4-8-17-15)9-18-20(10)13-6-3-2-5-11(13)16/h2-9H,1H3,(H,17,19). The van der Waals surface area contributed by atoms with Gasteiger partial charge in [-0.05, 0) is 25.1 Å². The summed E-state index contributed by atoms with van der Waals surface area (Å²) in [4.78, 5) is 14.5. The molecule has 0 saturated heterocycles. The zero-order valence-corrected chi connectivity index (χ0v) is 12.1. The lowest BCUT2D eigenvalue weighted by Crippen LogP contribution is -2.03. The minimum Gasteiger partial charge on any atom is -0.332 e. The molecule has 8 heteroatoms. The summed E-state index contributed by atoms with van der Waals surface area (Å²) in [5.74, 6) is -0.303. The number of rotatable bonds is 4. The van der Waals surface area contributed by atoms with Gasteiger partial charge in [-0.1, -0.05) is 12.1 Å². The van der Waals surface area contributed by atoms with Crippen LogP contribution >= 0.6 is 0 Å². The molecule has 0 unspecified atom stereocenters. The first-order valence-electron chi connectivity index (χ1n) is 6.74. The molecule has 116 valence electrons. The first-order chi connectivity index (χ1) is 11.1. The molecule has 0 radical (unpaired) electrons. The quantitative estimate of drug-likeness (QED) is 0.589. The zero-order valence-electron chi connectivity index (χ0n) is 12.1. The van der Waals surface area contributed by atoms with E-state index >= 15 is 0 Å². The van der Waals surface area contributed by atoms with Crippen LogP contribution < -0.4 is 5.32 Å². The smallest absolute Gasteiger partial charge is 0.311 e. The van der Waals surface area contributed by atoms with E-state index in [-0.39, 0.29) is 11.5 Å². The largest absolute Gasteiger partial charge is 0.332 e. The third-order valence-corrected chi connectivity index (χ3v) is 3.33. The number of nitrogens with one attached hydrogen (secondary N) is 1. The lowest BCUT2D eigenvalue weighted by atomic mass is 10.3. The van der Waals surface area contributed by atoms with Gasteiger partial charge in [0.05, 0.1) is 22.5 Å². The summed E-state index contributed by atoms with van der Waals surface area (Å²) in [7, 11) is 0. The van der Waals surface area contributed by atoms with Crippen molar-refractivity contribution < 1.29 is 9.31 Å². The van der Waals surface area contributed by atoms with Crippen molar-refractivity contribution in [3.8, 4) is 5.69 Å². The molecule has 0 atom stereocenters. The van der Waals surface area contributed by atoms with Gasteiger partial charge in [-0.3, -0.25) is 10.1 Å². The number of para-hydroxylation sites is 1. The van der Waals surface area contributed by atoms with Crippen molar-refractivity contribution in [1.82, 2.24) is 14.8 Å². The van der Waals surface area contributed by atoms with Crippen molar-refractivity contribution in [3.05, 3.63) is 70.4 Å². The van der Waals surface area contributed by atoms with Crippen LogP contribution in [0, 0.1) is 22.9 Å². The predicted molar refractivity (Wildman–Crippen MR) is 82.4 cm³/mol. The van der Waals surface area contributed by atoms with Crippen molar-refractivity contribution in [2.24, 2.45) is 0 Å². The van der Waals surface area contributed by atoms with Gasteiger partial charge >= 0.3 is 5.69 Å². The van der Waals surface area contributed by atoms with Gasteiger partial charge in [0.15, 0.2) is 0 Å². The molecule has 0 fully saturated rings. The number of pyridine rings is 1. The van der Waals surface area contributed by atoms with E-state index < -0.39 is 10.7 Å². The molecule has 0 aliphatic heterocycles. The van der Waals surface area contributed by atoms with E-state index in [9.17, 15) is 14.5 Å². The number of halogens is 1. The highest BCUT2D eigenvalue weighted by Gasteiger charge is 2.17. The SMILES string of the molecule is Cc1c(Nc2ncccc2[N+](=O)[O-])cnn1-c1ccccc1F. The Morgan fingerprint density at radius 1 is 1.26 bits per heavy atom. The van der Waals surface area contributed by atoms with Crippen LogP contribution in [0.3, 0.4) is 0 Å². The van der Waals surface area contributed by atoms with Crippen molar-refractivity contribution in [3.63, 3.8) is 0 Å². The Balaban J connectivity index is 1.98. The fraction of sp³-hybridized carbons (Fsp3) is 0.0667. The van der Waals surface area contributed by atoms with E-state index in [2.05, 4.69) is 15.4 Å². The van der Waals surface area contributed by atoms with Gasteiger partial charge in [0.2, 0.25) is 5.82 Å². The van der Waals surface area contributed by atoms with Crippen LogP contribution in [0.25, 0.3) is 5.69 Å². The zero-order chi connectivity index (χ0) is 16.4. The van der Waals surface area contributed by atoms with Gasteiger partial charge in [0.25, 0.3) is 0 Å². The number of hydrogen-bond acceptors (Lipinski definition) is 5. The number of benzene rings is 1. The summed E-state index contributed by atoms with van der Waals surface area (Å²) in [6, 6.07) is 9.07. The maximum Gasteiger partial charge on any atom is 0.311 e. The van der Waals surface area contributed by atoms with E-state index in [1.54, 1.807) is 25.1 Å². The molecule has 2 heterocycles. The highest BCUT2D eigenvalue weighted by Crippen LogP contribution is 2.27. The number of anilines is 2. The lowest BCUT2D eigenvalue weighted by molar-refractivity contribution is -0.384. The molecule has 7 nitrogen and oxygen atoms in total. The Hall–Kier alpha value is -3.29. The molecule has 2 aromatic heterocycles.